The molecule has 30 heavy (non-hydrogen) atoms. The highest BCUT2D eigenvalue weighted by molar-refractivity contribution is 7.15. The number of likely N-dealkylation sites (tertiary alicyclic amines) is 1. The number of ether oxygens (including phenoxy) is 2. The Hall–Kier alpha value is -1.57. The van der Waals surface area contributed by atoms with Gasteiger partial charge in [0.25, 0.3) is 0 Å². The van der Waals surface area contributed by atoms with Gasteiger partial charge in [0.05, 0.1) is 5.56 Å². The lowest BCUT2D eigenvalue weighted by atomic mass is 9.81. The topological polar surface area (TPSA) is 34.6 Å². The number of halogens is 2. The lowest BCUT2D eigenvalue weighted by Gasteiger charge is -2.38. The fourth-order valence-corrected chi connectivity index (χ4v) is 5.90. The van der Waals surface area contributed by atoms with E-state index < -0.39 is 6.61 Å². The van der Waals surface area contributed by atoms with Crippen LogP contribution in [0.3, 0.4) is 0 Å². The van der Waals surface area contributed by atoms with Crippen LogP contribution in [0.1, 0.15) is 37.5 Å². The van der Waals surface area contributed by atoms with Gasteiger partial charge in [0.2, 0.25) is 0 Å². The molecule has 0 bridgehead atoms. The third-order valence-corrected chi connectivity index (χ3v) is 7.11. The van der Waals surface area contributed by atoms with E-state index in [0.717, 1.165) is 54.6 Å². The van der Waals surface area contributed by atoms with Crippen molar-refractivity contribution < 1.29 is 18.3 Å². The zero-order chi connectivity index (χ0) is 20.9. The van der Waals surface area contributed by atoms with Crippen LogP contribution in [0.25, 0.3) is 10.6 Å². The van der Waals surface area contributed by atoms with Gasteiger partial charge in [-0.15, -0.1) is 11.3 Å². The first-order valence-corrected chi connectivity index (χ1v) is 11.7. The van der Waals surface area contributed by atoms with Crippen LogP contribution in [0.5, 0.6) is 5.75 Å². The van der Waals surface area contributed by atoms with Crippen LogP contribution in [-0.4, -0.2) is 42.8 Å². The van der Waals surface area contributed by atoms with E-state index in [1.54, 1.807) is 29.5 Å². The molecular weight excluding hydrogens is 406 g/mol. The summed E-state index contributed by atoms with van der Waals surface area (Å²) in [4.78, 5) is 8.21. The minimum atomic E-state index is -2.84. The highest BCUT2D eigenvalue weighted by Crippen LogP contribution is 2.35. The molecule has 1 aromatic heterocycles. The summed E-state index contributed by atoms with van der Waals surface area (Å²) in [6.45, 7) is 4.42. The molecule has 2 atom stereocenters. The molecule has 0 spiro atoms. The zero-order valence-corrected chi connectivity index (χ0v) is 18.3. The SMILES string of the molecule is CC1CC(CC2CCOCC2)CN(Cc2cnc(-c3ccccc3OC(F)F)s2)C1. The number of hydrogen-bond acceptors (Lipinski definition) is 5. The second-order valence-electron chi connectivity index (χ2n) is 8.70. The molecule has 0 amide bonds. The summed E-state index contributed by atoms with van der Waals surface area (Å²) >= 11 is 1.56. The van der Waals surface area contributed by atoms with E-state index in [1.165, 1.54) is 25.7 Å². The molecule has 2 aliphatic heterocycles. The molecule has 164 valence electrons. The first-order valence-electron chi connectivity index (χ1n) is 10.9. The summed E-state index contributed by atoms with van der Waals surface area (Å²) in [5, 5.41) is 0.727. The van der Waals surface area contributed by atoms with Gasteiger partial charge in [-0.05, 0) is 55.6 Å². The predicted octanol–water partition coefficient (Wildman–Crippen LogP) is 5.69. The maximum Gasteiger partial charge on any atom is 0.387 e. The second-order valence-corrected chi connectivity index (χ2v) is 9.81. The number of aromatic nitrogens is 1. The summed E-state index contributed by atoms with van der Waals surface area (Å²) in [5.74, 6) is 2.41. The first kappa shape index (κ1) is 21.7. The summed E-state index contributed by atoms with van der Waals surface area (Å²) in [6.07, 6.45) is 6.88. The maximum atomic E-state index is 12.7. The van der Waals surface area contributed by atoms with Crippen LogP contribution in [0.2, 0.25) is 0 Å². The predicted molar refractivity (Wildman–Crippen MR) is 115 cm³/mol. The summed E-state index contributed by atoms with van der Waals surface area (Å²) in [5.41, 5.74) is 0.624. The molecule has 3 heterocycles. The van der Waals surface area contributed by atoms with E-state index in [9.17, 15) is 8.78 Å². The largest absolute Gasteiger partial charge is 0.434 e. The van der Waals surface area contributed by atoms with Crippen molar-refractivity contribution in [2.45, 2.75) is 45.8 Å². The molecule has 0 saturated carbocycles. The van der Waals surface area contributed by atoms with Gasteiger partial charge in [0.1, 0.15) is 10.8 Å². The van der Waals surface area contributed by atoms with Crippen LogP contribution < -0.4 is 4.74 Å². The molecule has 0 radical (unpaired) electrons. The molecule has 0 N–H and O–H groups in total. The maximum absolute atomic E-state index is 12.7. The van der Waals surface area contributed by atoms with Crippen LogP contribution in [0.15, 0.2) is 30.5 Å². The van der Waals surface area contributed by atoms with Gasteiger partial charge in [-0.2, -0.15) is 8.78 Å². The van der Waals surface area contributed by atoms with Crippen molar-refractivity contribution in [3.63, 3.8) is 0 Å². The van der Waals surface area contributed by atoms with E-state index in [0.29, 0.717) is 11.5 Å². The van der Waals surface area contributed by atoms with Crippen molar-refractivity contribution in [3.8, 4) is 16.3 Å². The van der Waals surface area contributed by atoms with Crippen molar-refractivity contribution in [2.24, 2.45) is 17.8 Å². The summed E-state index contributed by atoms with van der Waals surface area (Å²) in [6, 6.07) is 6.87. The Bertz CT molecular complexity index is 810. The first-order chi connectivity index (χ1) is 14.6. The Labute approximate surface area is 181 Å². The normalized spacial score (nSPS) is 23.7. The van der Waals surface area contributed by atoms with Gasteiger partial charge in [-0.3, -0.25) is 4.90 Å². The minimum absolute atomic E-state index is 0.177. The van der Waals surface area contributed by atoms with Gasteiger partial charge in [0.15, 0.2) is 0 Å². The van der Waals surface area contributed by atoms with Crippen LogP contribution in [0.4, 0.5) is 8.78 Å². The third-order valence-electron chi connectivity index (χ3n) is 6.10. The number of hydrogen-bond donors (Lipinski definition) is 0. The molecule has 0 aliphatic carbocycles. The highest BCUT2D eigenvalue weighted by Gasteiger charge is 2.28. The quantitative estimate of drug-likeness (QED) is 0.559. The minimum Gasteiger partial charge on any atom is -0.434 e. The monoisotopic (exact) mass is 436 g/mol. The van der Waals surface area contributed by atoms with E-state index >= 15 is 0 Å². The molecular formula is C23H30F2N2O2S. The Kier molecular flexibility index (Phi) is 7.33. The molecule has 7 heteroatoms. The average molecular weight is 437 g/mol. The van der Waals surface area contributed by atoms with Crippen LogP contribution in [0, 0.1) is 17.8 Å². The Morgan fingerprint density at radius 3 is 2.80 bits per heavy atom. The standard InChI is InChI=1S/C23H30F2N2O2S/c1-16-10-18(11-17-6-8-28-9-7-17)14-27(13-16)15-19-12-26-22(30-19)20-4-2-3-5-21(20)29-23(24)25/h2-5,12,16-18,23H,6-11,13-15H2,1H3. The fraction of sp³-hybridized carbons (Fsp3) is 0.609. The molecule has 2 fully saturated rings. The number of rotatable bonds is 7. The number of alkyl halides is 2. The van der Waals surface area contributed by atoms with Crippen molar-refractivity contribution in [1.82, 2.24) is 9.88 Å². The average Bonchev–Trinajstić information content (AvgIpc) is 3.16. The lowest BCUT2D eigenvalue weighted by Crippen LogP contribution is -2.39. The fourth-order valence-electron chi connectivity index (χ4n) is 4.92. The van der Waals surface area contributed by atoms with Crippen molar-refractivity contribution >= 4 is 11.3 Å². The number of thiazole rings is 1. The van der Waals surface area contributed by atoms with Gasteiger partial charge in [0, 0.05) is 43.9 Å². The molecule has 1 aromatic carbocycles. The summed E-state index contributed by atoms with van der Waals surface area (Å²) in [7, 11) is 0. The molecule has 2 aromatic rings. The Morgan fingerprint density at radius 1 is 1.20 bits per heavy atom. The van der Waals surface area contributed by atoms with Crippen LogP contribution >= 0.6 is 11.3 Å². The highest BCUT2D eigenvalue weighted by atomic mass is 32.1. The van der Waals surface area contributed by atoms with E-state index in [4.69, 9.17) is 4.74 Å². The van der Waals surface area contributed by atoms with Gasteiger partial charge in [-0.25, -0.2) is 4.98 Å². The van der Waals surface area contributed by atoms with Crippen molar-refractivity contribution in [1.29, 1.82) is 0 Å². The Morgan fingerprint density at radius 2 is 2.00 bits per heavy atom. The van der Waals surface area contributed by atoms with E-state index in [-0.39, 0.29) is 5.75 Å². The smallest absolute Gasteiger partial charge is 0.387 e. The number of para-hydroxylation sites is 1. The Balaban J connectivity index is 1.39. The van der Waals surface area contributed by atoms with Gasteiger partial charge >= 0.3 is 6.61 Å². The van der Waals surface area contributed by atoms with Gasteiger partial charge in [-0.1, -0.05) is 19.1 Å². The molecule has 2 aliphatic rings. The third kappa shape index (κ3) is 5.77. The molecule has 2 saturated heterocycles. The molecule has 4 rings (SSSR count). The number of piperidine rings is 1. The number of nitrogens with zero attached hydrogens (tertiary/aromatic N) is 2. The van der Waals surface area contributed by atoms with E-state index in [2.05, 4.69) is 21.5 Å². The van der Waals surface area contributed by atoms with E-state index in [1.807, 2.05) is 12.3 Å². The molecule has 4 nitrogen and oxygen atoms in total. The second kappa shape index (κ2) is 10.2. The van der Waals surface area contributed by atoms with Crippen molar-refractivity contribution in [3.05, 3.63) is 35.3 Å². The van der Waals surface area contributed by atoms with Crippen molar-refractivity contribution in [2.75, 3.05) is 26.3 Å². The lowest BCUT2D eigenvalue weighted by molar-refractivity contribution is -0.0494. The summed E-state index contributed by atoms with van der Waals surface area (Å²) < 4.78 is 35.6. The molecule has 2 unspecified atom stereocenters. The zero-order valence-electron chi connectivity index (χ0n) is 17.4. The number of benzene rings is 1. The van der Waals surface area contributed by atoms with Gasteiger partial charge < -0.3 is 9.47 Å². The van der Waals surface area contributed by atoms with Crippen LogP contribution in [-0.2, 0) is 11.3 Å².